The fourth-order valence-corrected chi connectivity index (χ4v) is 2.23. The van der Waals surface area contributed by atoms with Crippen molar-refractivity contribution < 1.29 is 14.3 Å². The highest BCUT2D eigenvalue weighted by atomic mass is 16.6. The molecule has 1 saturated carbocycles. The van der Waals surface area contributed by atoms with Gasteiger partial charge in [0.2, 0.25) is 0 Å². The number of aryl methyl sites for hydroxylation is 1. The van der Waals surface area contributed by atoms with Gasteiger partial charge in [0, 0.05) is 17.5 Å². The van der Waals surface area contributed by atoms with Gasteiger partial charge in [-0.1, -0.05) is 19.1 Å². The Hall–Kier alpha value is -1.84. The number of ketones is 1. The summed E-state index contributed by atoms with van der Waals surface area (Å²) in [7, 11) is 0. The normalized spacial score (nSPS) is 16.0. The van der Waals surface area contributed by atoms with Crippen LogP contribution in [0.25, 0.3) is 0 Å². The van der Waals surface area contributed by atoms with Gasteiger partial charge in [0.1, 0.15) is 11.4 Å². The average Bonchev–Trinajstić information content (AvgIpc) is 3.09. The van der Waals surface area contributed by atoms with Crippen molar-refractivity contribution in [3.63, 3.8) is 0 Å². The molecule has 0 saturated heterocycles. The summed E-state index contributed by atoms with van der Waals surface area (Å²) in [5, 5.41) is 2.77. The summed E-state index contributed by atoms with van der Waals surface area (Å²) in [4.78, 5) is 24.3. The lowest BCUT2D eigenvalue weighted by atomic mass is 9.95. The lowest BCUT2D eigenvalue weighted by Crippen LogP contribution is -2.27. The second kappa shape index (κ2) is 5.75. The Balaban J connectivity index is 2.14. The van der Waals surface area contributed by atoms with Crippen molar-refractivity contribution in [2.75, 3.05) is 5.32 Å². The third kappa shape index (κ3) is 4.33. The van der Waals surface area contributed by atoms with E-state index in [1.54, 1.807) is 0 Å². The van der Waals surface area contributed by atoms with E-state index in [4.69, 9.17) is 4.74 Å². The van der Waals surface area contributed by atoms with Gasteiger partial charge in [0.25, 0.3) is 0 Å². The summed E-state index contributed by atoms with van der Waals surface area (Å²) in [6.07, 6.45) is 1.78. The van der Waals surface area contributed by atoms with E-state index in [1.165, 1.54) is 0 Å². The molecule has 1 aliphatic carbocycles. The number of anilines is 1. The molecule has 1 aromatic rings. The van der Waals surface area contributed by atoms with Crippen LogP contribution in [0.1, 0.15) is 51.7 Å². The van der Waals surface area contributed by atoms with Crippen molar-refractivity contribution in [3.05, 3.63) is 29.3 Å². The second-order valence-electron chi connectivity index (χ2n) is 7.45. The van der Waals surface area contributed by atoms with Crippen molar-refractivity contribution >= 4 is 17.6 Å². The molecule has 22 heavy (non-hydrogen) atoms. The van der Waals surface area contributed by atoms with Crippen LogP contribution >= 0.6 is 0 Å². The summed E-state index contributed by atoms with van der Waals surface area (Å²) in [5.41, 5.74) is 1.82. The van der Waals surface area contributed by atoms with Crippen LogP contribution in [0, 0.1) is 12.3 Å². The first kappa shape index (κ1) is 16.5. The van der Waals surface area contributed by atoms with E-state index in [0.717, 1.165) is 24.0 Å². The molecule has 1 fully saturated rings. The molecule has 1 amide bonds. The Morgan fingerprint density at radius 1 is 1.27 bits per heavy atom. The first-order valence-corrected chi connectivity index (χ1v) is 7.72. The molecular weight excluding hydrogens is 278 g/mol. The zero-order valence-corrected chi connectivity index (χ0v) is 14.1. The van der Waals surface area contributed by atoms with Gasteiger partial charge in [0.15, 0.2) is 0 Å². The van der Waals surface area contributed by atoms with Gasteiger partial charge in [-0.2, -0.15) is 0 Å². The Kier molecular flexibility index (Phi) is 4.32. The number of hydrogen-bond donors (Lipinski definition) is 1. The van der Waals surface area contributed by atoms with E-state index < -0.39 is 11.7 Å². The van der Waals surface area contributed by atoms with Gasteiger partial charge in [-0.05, 0) is 57.7 Å². The van der Waals surface area contributed by atoms with Crippen molar-refractivity contribution in [3.8, 4) is 0 Å². The highest BCUT2D eigenvalue weighted by molar-refractivity contribution is 5.92. The van der Waals surface area contributed by atoms with Crippen LogP contribution in [0.4, 0.5) is 10.5 Å². The quantitative estimate of drug-likeness (QED) is 0.904. The van der Waals surface area contributed by atoms with Gasteiger partial charge in [-0.25, -0.2) is 4.79 Å². The fraction of sp³-hybridized carbons (Fsp3) is 0.556. The molecule has 1 aromatic carbocycles. The van der Waals surface area contributed by atoms with Gasteiger partial charge >= 0.3 is 6.09 Å². The molecule has 1 N–H and O–H groups in total. The number of nitrogens with one attached hydrogen (secondary N) is 1. The number of carbonyl (C=O) groups is 2. The maximum Gasteiger partial charge on any atom is 0.412 e. The lowest BCUT2D eigenvalue weighted by Gasteiger charge is -2.21. The van der Waals surface area contributed by atoms with Crippen LogP contribution in [0.3, 0.4) is 0 Å². The first-order chi connectivity index (χ1) is 10.1. The molecule has 2 rings (SSSR count). The van der Waals surface area contributed by atoms with Crippen molar-refractivity contribution in [1.29, 1.82) is 0 Å². The molecule has 0 spiro atoms. The number of carbonyl (C=O) groups excluding carboxylic acids is 2. The zero-order chi connectivity index (χ0) is 16.5. The standard InChI is InChI=1S/C18H25NO3/c1-12-6-7-13(11-15(20)18(5)8-9-18)14(10-12)19-16(21)22-17(2,3)4/h6-7,10H,8-9,11H2,1-5H3,(H,19,21). The highest BCUT2D eigenvalue weighted by Crippen LogP contribution is 2.46. The molecule has 0 aromatic heterocycles. The first-order valence-electron chi connectivity index (χ1n) is 7.72. The van der Waals surface area contributed by atoms with E-state index in [1.807, 2.05) is 52.8 Å². The Bertz CT molecular complexity index is 595. The molecule has 0 unspecified atom stereocenters. The monoisotopic (exact) mass is 303 g/mol. The third-order valence-electron chi connectivity index (χ3n) is 3.93. The number of Topliss-reactive ketones (excluding diaryl/α,β-unsaturated/α-hetero) is 1. The molecule has 4 heteroatoms. The van der Waals surface area contributed by atoms with E-state index in [0.29, 0.717) is 12.1 Å². The molecule has 1 aliphatic rings. The van der Waals surface area contributed by atoms with Crippen LogP contribution in [0.2, 0.25) is 0 Å². The molecule has 120 valence electrons. The molecule has 0 bridgehead atoms. The summed E-state index contributed by atoms with van der Waals surface area (Å²) >= 11 is 0. The summed E-state index contributed by atoms with van der Waals surface area (Å²) < 4.78 is 5.29. The van der Waals surface area contributed by atoms with Gasteiger partial charge < -0.3 is 4.74 Å². The predicted molar refractivity (Wildman–Crippen MR) is 87.1 cm³/mol. The largest absolute Gasteiger partial charge is 0.444 e. The van der Waals surface area contributed by atoms with E-state index in [2.05, 4.69) is 5.32 Å². The topological polar surface area (TPSA) is 55.4 Å². The minimum atomic E-state index is -0.550. The number of rotatable bonds is 4. The summed E-state index contributed by atoms with van der Waals surface area (Å²) in [5.74, 6) is 0.239. The van der Waals surface area contributed by atoms with E-state index in [-0.39, 0.29) is 11.2 Å². The minimum absolute atomic E-state index is 0.159. The zero-order valence-electron chi connectivity index (χ0n) is 14.1. The van der Waals surface area contributed by atoms with Crippen molar-refractivity contribution in [1.82, 2.24) is 0 Å². The number of hydrogen-bond acceptors (Lipinski definition) is 3. The van der Waals surface area contributed by atoms with Crippen LogP contribution < -0.4 is 5.32 Å². The third-order valence-corrected chi connectivity index (χ3v) is 3.93. The summed E-state index contributed by atoms with van der Waals surface area (Å²) in [6.45, 7) is 9.42. The van der Waals surface area contributed by atoms with E-state index in [9.17, 15) is 9.59 Å². The van der Waals surface area contributed by atoms with Crippen LogP contribution in [-0.4, -0.2) is 17.5 Å². The fourth-order valence-electron chi connectivity index (χ4n) is 2.23. The SMILES string of the molecule is Cc1ccc(CC(=O)C2(C)CC2)c(NC(=O)OC(C)(C)C)c1. The molecule has 0 aliphatic heterocycles. The number of ether oxygens (including phenoxy) is 1. The Morgan fingerprint density at radius 2 is 1.91 bits per heavy atom. The van der Waals surface area contributed by atoms with Crippen molar-refractivity contribution in [2.45, 2.75) is 59.5 Å². The lowest BCUT2D eigenvalue weighted by molar-refractivity contribution is -0.122. The minimum Gasteiger partial charge on any atom is -0.444 e. The Morgan fingerprint density at radius 3 is 2.45 bits per heavy atom. The van der Waals surface area contributed by atoms with Gasteiger partial charge in [-0.3, -0.25) is 10.1 Å². The maximum atomic E-state index is 12.3. The maximum absolute atomic E-state index is 12.3. The van der Waals surface area contributed by atoms with Crippen LogP contribution in [0.5, 0.6) is 0 Å². The Labute approximate surface area is 132 Å². The predicted octanol–water partition coefficient (Wildman–Crippen LogP) is 4.25. The highest BCUT2D eigenvalue weighted by Gasteiger charge is 2.44. The summed E-state index contributed by atoms with van der Waals surface area (Å²) in [6, 6.07) is 5.74. The van der Waals surface area contributed by atoms with Gasteiger partial charge in [0.05, 0.1) is 0 Å². The molecular formula is C18H25NO3. The van der Waals surface area contributed by atoms with Crippen LogP contribution in [-0.2, 0) is 16.0 Å². The molecule has 0 radical (unpaired) electrons. The number of amides is 1. The van der Waals surface area contributed by atoms with Crippen molar-refractivity contribution in [2.24, 2.45) is 5.41 Å². The van der Waals surface area contributed by atoms with E-state index >= 15 is 0 Å². The molecule has 0 heterocycles. The van der Waals surface area contributed by atoms with Gasteiger partial charge in [-0.15, -0.1) is 0 Å². The smallest absolute Gasteiger partial charge is 0.412 e. The average molecular weight is 303 g/mol. The molecule has 4 nitrogen and oxygen atoms in total. The number of benzene rings is 1. The molecule has 0 atom stereocenters. The van der Waals surface area contributed by atoms with Crippen LogP contribution in [0.15, 0.2) is 18.2 Å². The second-order valence-corrected chi connectivity index (χ2v) is 7.45.